The van der Waals surface area contributed by atoms with Crippen molar-refractivity contribution in [1.82, 2.24) is 10.6 Å². The summed E-state index contributed by atoms with van der Waals surface area (Å²) >= 11 is 0. The summed E-state index contributed by atoms with van der Waals surface area (Å²) in [7, 11) is 0. The molecule has 2 heterocycles. The van der Waals surface area contributed by atoms with Crippen LogP contribution in [0.3, 0.4) is 0 Å². The van der Waals surface area contributed by atoms with Gasteiger partial charge in [-0.1, -0.05) is 18.2 Å². The third kappa shape index (κ3) is 2.96. The molecule has 1 unspecified atom stereocenters. The summed E-state index contributed by atoms with van der Waals surface area (Å²) in [5.74, 6) is 1.58. The molecule has 20 heavy (non-hydrogen) atoms. The van der Waals surface area contributed by atoms with Gasteiger partial charge in [-0.25, -0.2) is 0 Å². The number of rotatable bonds is 3. The fourth-order valence-corrected chi connectivity index (χ4v) is 3.07. The average Bonchev–Trinajstić information content (AvgIpc) is 2.53. The third-order valence-electron chi connectivity index (χ3n) is 4.30. The zero-order valence-corrected chi connectivity index (χ0v) is 11.7. The van der Waals surface area contributed by atoms with Crippen LogP contribution in [0, 0.1) is 5.92 Å². The van der Waals surface area contributed by atoms with Crippen LogP contribution in [0.5, 0.6) is 5.75 Å². The van der Waals surface area contributed by atoms with E-state index in [0.29, 0.717) is 12.5 Å². The minimum absolute atomic E-state index is 0.0540. The molecular weight excluding hydrogens is 252 g/mol. The first kappa shape index (κ1) is 13.4. The van der Waals surface area contributed by atoms with Gasteiger partial charge in [0.2, 0.25) is 5.91 Å². The molecule has 0 aromatic heterocycles. The van der Waals surface area contributed by atoms with Gasteiger partial charge in [0, 0.05) is 12.1 Å². The molecule has 1 saturated heterocycles. The summed E-state index contributed by atoms with van der Waals surface area (Å²) in [5, 5.41) is 6.49. The van der Waals surface area contributed by atoms with Gasteiger partial charge in [0.05, 0.1) is 12.5 Å². The van der Waals surface area contributed by atoms with Crippen molar-refractivity contribution in [3.05, 3.63) is 29.8 Å². The van der Waals surface area contributed by atoms with Gasteiger partial charge in [0.15, 0.2) is 0 Å². The largest absolute Gasteiger partial charge is 0.493 e. The van der Waals surface area contributed by atoms with Crippen molar-refractivity contribution in [3.63, 3.8) is 0 Å². The van der Waals surface area contributed by atoms with E-state index >= 15 is 0 Å². The molecule has 2 N–H and O–H groups in total. The number of hydrogen-bond acceptors (Lipinski definition) is 3. The highest BCUT2D eigenvalue weighted by molar-refractivity contribution is 5.84. The number of fused-ring (bicyclic) bond motifs is 1. The molecule has 3 rings (SSSR count). The lowest BCUT2D eigenvalue weighted by molar-refractivity contribution is -0.123. The van der Waals surface area contributed by atoms with Crippen molar-refractivity contribution in [1.29, 1.82) is 0 Å². The Hall–Kier alpha value is -1.55. The van der Waals surface area contributed by atoms with Gasteiger partial charge in [0.1, 0.15) is 5.75 Å². The van der Waals surface area contributed by atoms with Gasteiger partial charge in [-0.15, -0.1) is 0 Å². The summed E-state index contributed by atoms with van der Waals surface area (Å²) in [6.45, 7) is 3.57. The summed E-state index contributed by atoms with van der Waals surface area (Å²) < 4.78 is 5.61. The summed E-state index contributed by atoms with van der Waals surface area (Å²) in [6, 6.07) is 7.87. The SMILES string of the molecule is O=C(NCC1CCNCC1)C1CCOc2ccccc21. The van der Waals surface area contributed by atoms with Gasteiger partial charge < -0.3 is 15.4 Å². The van der Waals surface area contributed by atoms with E-state index in [1.54, 1.807) is 0 Å². The van der Waals surface area contributed by atoms with Crippen molar-refractivity contribution in [3.8, 4) is 5.75 Å². The number of carbonyl (C=O) groups is 1. The number of para-hydroxylation sites is 1. The maximum atomic E-state index is 12.4. The van der Waals surface area contributed by atoms with E-state index in [-0.39, 0.29) is 11.8 Å². The Bertz CT molecular complexity index is 469. The predicted molar refractivity (Wildman–Crippen MR) is 77.9 cm³/mol. The molecule has 0 bridgehead atoms. The van der Waals surface area contributed by atoms with E-state index < -0.39 is 0 Å². The van der Waals surface area contributed by atoms with Crippen LogP contribution in [-0.2, 0) is 4.79 Å². The fourth-order valence-electron chi connectivity index (χ4n) is 3.07. The van der Waals surface area contributed by atoms with Gasteiger partial charge in [-0.2, -0.15) is 0 Å². The molecule has 0 spiro atoms. The van der Waals surface area contributed by atoms with Crippen molar-refractivity contribution in [2.45, 2.75) is 25.2 Å². The summed E-state index contributed by atoms with van der Waals surface area (Å²) in [5.41, 5.74) is 1.03. The topological polar surface area (TPSA) is 50.4 Å². The van der Waals surface area contributed by atoms with Crippen LogP contribution in [-0.4, -0.2) is 32.1 Å². The number of benzene rings is 1. The second-order valence-electron chi connectivity index (χ2n) is 5.67. The standard InChI is InChI=1S/C16H22N2O2/c19-16(18-11-12-5-8-17-9-6-12)14-7-10-20-15-4-2-1-3-13(14)15/h1-4,12,14,17H,5-11H2,(H,18,19). The van der Waals surface area contributed by atoms with E-state index in [9.17, 15) is 4.79 Å². The number of piperidine rings is 1. The molecular formula is C16H22N2O2. The van der Waals surface area contributed by atoms with Gasteiger partial charge in [-0.3, -0.25) is 4.79 Å². The number of ether oxygens (including phenoxy) is 1. The Labute approximate surface area is 119 Å². The van der Waals surface area contributed by atoms with Gasteiger partial charge in [0.25, 0.3) is 0 Å². The van der Waals surface area contributed by atoms with Gasteiger partial charge >= 0.3 is 0 Å². The van der Waals surface area contributed by atoms with Crippen LogP contribution in [0.1, 0.15) is 30.7 Å². The molecule has 4 nitrogen and oxygen atoms in total. The van der Waals surface area contributed by atoms with Crippen LogP contribution in [0.2, 0.25) is 0 Å². The molecule has 0 radical (unpaired) electrons. The molecule has 1 aromatic carbocycles. The highest BCUT2D eigenvalue weighted by atomic mass is 16.5. The lowest BCUT2D eigenvalue weighted by atomic mass is 9.91. The number of amides is 1. The van der Waals surface area contributed by atoms with E-state index in [1.165, 1.54) is 0 Å². The third-order valence-corrected chi connectivity index (χ3v) is 4.30. The Morgan fingerprint density at radius 3 is 2.90 bits per heavy atom. The summed E-state index contributed by atoms with van der Waals surface area (Å²) in [6.07, 6.45) is 3.09. The number of carbonyl (C=O) groups excluding carboxylic acids is 1. The molecule has 1 atom stereocenters. The van der Waals surface area contributed by atoms with Crippen LogP contribution in [0.4, 0.5) is 0 Å². The zero-order chi connectivity index (χ0) is 13.8. The van der Waals surface area contributed by atoms with Crippen molar-refractivity contribution in [2.75, 3.05) is 26.2 Å². The highest BCUT2D eigenvalue weighted by Crippen LogP contribution is 2.33. The first-order valence-corrected chi connectivity index (χ1v) is 7.55. The van der Waals surface area contributed by atoms with Crippen molar-refractivity contribution >= 4 is 5.91 Å². The zero-order valence-electron chi connectivity index (χ0n) is 11.7. The molecule has 0 aliphatic carbocycles. The molecule has 0 saturated carbocycles. The lowest BCUT2D eigenvalue weighted by Gasteiger charge is -2.27. The predicted octanol–water partition coefficient (Wildman–Crippen LogP) is 1.67. The van der Waals surface area contributed by atoms with Crippen LogP contribution >= 0.6 is 0 Å². The minimum Gasteiger partial charge on any atom is -0.493 e. The molecule has 1 aromatic rings. The fraction of sp³-hybridized carbons (Fsp3) is 0.562. The van der Waals surface area contributed by atoms with Crippen LogP contribution in [0.15, 0.2) is 24.3 Å². The second kappa shape index (κ2) is 6.27. The number of nitrogens with one attached hydrogen (secondary N) is 2. The quantitative estimate of drug-likeness (QED) is 0.881. The molecule has 4 heteroatoms. The Morgan fingerprint density at radius 1 is 1.25 bits per heavy atom. The van der Waals surface area contributed by atoms with E-state index in [0.717, 1.165) is 50.2 Å². The maximum absolute atomic E-state index is 12.4. The smallest absolute Gasteiger partial charge is 0.227 e. The summed E-state index contributed by atoms with van der Waals surface area (Å²) in [4.78, 5) is 12.4. The van der Waals surface area contributed by atoms with Gasteiger partial charge in [-0.05, 0) is 44.3 Å². The number of hydrogen-bond donors (Lipinski definition) is 2. The van der Waals surface area contributed by atoms with E-state index in [4.69, 9.17) is 4.74 Å². The average molecular weight is 274 g/mol. The van der Waals surface area contributed by atoms with Crippen LogP contribution < -0.4 is 15.4 Å². The first-order chi connectivity index (χ1) is 9.84. The van der Waals surface area contributed by atoms with Crippen LogP contribution in [0.25, 0.3) is 0 Å². The monoisotopic (exact) mass is 274 g/mol. The van der Waals surface area contributed by atoms with E-state index in [2.05, 4.69) is 10.6 Å². The Balaban J connectivity index is 1.60. The highest BCUT2D eigenvalue weighted by Gasteiger charge is 2.27. The molecule has 1 amide bonds. The first-order valence-electron chi connectivity index (χ1n) is 7.55. The minimum atomic E-state index is -0.0540. The molecule has 108 valence electrons. The lowest BCUT2D eigenvalue weighted by Crippen LogP contribution is -2.38. The molecule has 2 aliphatic rings. The Morgan fingerprint density at radius 2 is 2.05 bits per heavy atom. The Kier molecular flexibility index (Phi) is 4.21. The molecule has 2 aliphatic heterocycles. The maximum Gasteiger partial charge on any atom is 0.227 e. The normalized spacial score (nSPS) is 22.7. The van der Waals surface area contributed by atoms with Crippen molar-refractivity contribution in [2.24, 2.45) is 5.92 Å². The van der Waals surface area contributed by atoms with E-state index in [1.807, 2.05) is 24.3 Å². The van der Waals surface area contributed by atoms with Crippen molar-refractivity contribution < 1.29 is 9.53 Å². The molecule has 1 fully saturated rings. The second-order valence-corrected chi connectivity index (χ2v) is 5.67.